The molecule has 0 saturated heterocycles. The number of methoxy groups -OCH3 is 3. The van der Waals surface area contributed by atoms with Gasteiger partial charge in [0.05, 0.1) is 26.2 Å². The normalized spacial score (nSPS) is 10.8. The molecule has 0 aliphatic carbocycles. The van der Waals surface area contributed by atoms with Crippen molar-refractivity contribution in [2.24, 2.45) is 5.73 Å². The highest BCUT2D eigenvalue weighted by Crippen LogP contribution is 2.05. The lowest BCUT2D eigenvalue weighted by molar-refractivity contribution is -0.147. The number of hydrogen-bond donors (Lipinski definition) is 3. The third-order valence-corrected chi connectivity index (χ3v) is 6.91. The fourth-order valence-corrected chi connectivity index (χ4v) is 4.38. The van der Waals surface area contributed by atoms with Gasteiger partial charge >= 0.3 is 0 Å². The van der Waals surface area contributed by atoms with E-state index in [-0.39, 0.29) is 50.9 Å². The summed E-state index contributed by atoms with van der Waals surface area (Å²) < 4.78 is 15.3. The fourth-order valence-electron chi connectivity index (χ4n) is 4.38. The van der Waals surface area contributed by atoms with Crippen LogP contribution in [0, 0.1) is 0 Å². The second-order valence-electron chi connectivity index (χ2n) is 11.3. The van der Waals surface area contributed by atoms with Gasteiger partial charge in [-0.15, -0.1) is 0 Å². The van der Waals surface area contributed by atoms with Crippen molar-refractivity contribution < 1.29 is 43.0 Å². The summed E-state index contributed by atoms with van der Waals surface area (Å²) in [6.45, 7) is 3.31. The number of nitrogens with one attached hydrogen (secondary N) is 2. The first kappa shape index (κ1) is 41.9. The van der Waals surface area contributed by atoms with E-state index >= 15 is 0 Å². The average Bonchev–Trinajstić information content (AvgIpc) is 3.05. The quantitative estimate of drug-likeness (QED) is 0.0924. The van der Waals surface area contributed by atoms with Gasteiger partial charge in [0.1, 0.15) is 6.54 Å². The third kappa shape index (κ3) is 17.2. The van der Waals surface area contributed by atoms with Crippen molar-refractivity contribution in [3.8, 4) is 0 Å². The number of hydrazine groups is 1. The molecule has 16 nitrogen and oxygen atoms in total. The van der Waals surface area contributed by atoms with Gasteiger partial charge in [-0.2, -0.15) is 0 Å². The molecule has 6 amide bonds. The summed E-state index contributed by atoms with van der Waals surface area (Å²) in [5.74, 6) is -3.48. The van der Waals surface area contributed by atoms with Crippen LogP contribution < -0.4 is 16.5 Å². The lowest BCUT2D eigenvalue weighted by Crippen LogP contribution is -2.55. The molecular formula is C32H53N7O9. The predicted octanol–water partition coefficient (Wildman–Crippen LogP) is -0.761. The van der Waals surface area contributed by atoms with Gasteiger partial charge < -0.3 is 40.0 Å². The van der Waals surface area contributed by atoms with E-state index in [0.717, 1.165) is 5.01 Å². The lowest BCUT2D eigenvalue weighted by atomic mass is 10.2. The molecule has 0 bridgehead atoms. The minimum absolute atomic E-state index is 0.0369. The Morgan fingerprint density at radius 2 is 1.10 bits per heavy atom. The largest absolute Gasteiger partial charge is 0.385 e. The van der Waals surface area contributed by atoms with Gasteiger partial charge in [-0.05, 0) is 31.4 Å². The number of rotatable bonds is 24. The van der Waals surface area contributed by atoms with Crippen molar-refractivity contribution in [3.63, 3.8) is 0 Å². The number of carbonyl (C=O) groups is 6. The van der Waals surface area contributed by atoms with Crippen LogP contribution in [0.4, 0.5) is 0 Å². The zero-order valence-electron chi connectivity index (χ0n) is 28.9. The SMILES string of the molecule is COCCCN(CC(N)=O)C(=O)CN(CCCOC)C(=O)CN(CCCOC)C(=O)CN(NC(=O)c1ccccc1)C(=O)CNC(C)C. The Morgan fingerprint density at radius 3 is 1.52 bits per heavy atom. The number of benzene rings is 1. The van der Waals surface area contributed by atoms with Crippen LogP contribution in [0.15, 0.2) is 30.3 Å². The van der Waals surface area contributed by atoms with Crippen LogP contribution in [0.1, 0.15) is 43.5 Å². The average molecular weight is 680 g/mol. The van der Waals surface area contributed by atoms with E-state index in [1.165, 1.54) is 36.0 Å². The number of ether oxygens (including phenoxy) is 3. The number of primary amides is 1. The van der Waals surface area contributed by atoms with Crippen LogP contribution in [0.25, 0.3) is 0 Å². The molecule has 0 unspecified atom stereocenters. The molecule has 16 heteroatoms. The Hall–Kier alpha value is -4.12. The molecule has 0 aliphatic rings. The predicted molar refractivity (Wildman–Crippen MR) is 177 cm³/mol. The highest BCUT2D eigenvalue weighted by Gasteiger charge is 2.28. The zero-order valence-corrected chi connectivity index (χ0v) is 28.9. The molecule has 0 radical (unpaired) electrons. The van der Waals surface area contributed by atoms with Crippen molar-refractivity contribution >= 4 is 35.4 Å². The number of amides is 6. The fraction of sp³-hybridized carbons (Fsp3) is 0.625. The zero-order chi connectivity index (χ0) is 35.9. The summed E-state index contributed by atoms with van der Waals surface area (Å²) in [5, 5.41) is 3.92. The molecule has 1 aromatic carbocycles. The van der Waals surface area contributed by atoms with Crippen LogP contribution >= 0.6 is 0 Å². The minimum atomic E-state index is -0.699. The molecule has 0 aromatic heterocycles. The van der Waals surface area contributed by atoms with Crippen molar-refractivity contribution in [1.82, 2.24) is 30.5 Å². The molecule has 0 saturated carbocycles. The number of carbonyl (C=O) groups excluding carboxylic acids is 6. The van der Waals surface area contributed by atoms with Gasteiger partial charge in [0.25, 0.3) is 11.8 Å². The molecule has 0 fully saturated rings. The van der Waals surface area contributed by atoms with Crippen LogP contribution in [-0.2, 0) is 38.2 Å². The van der Waals surface area contributed by atoms with Crippen molar-refractivity contribution in [1.29, 1.82) is 0 Å². The molecule has 1 rings (SSSR count). The van der Waals surface area contributed by atoms with E-state index in [2.05, 4.69) is 10.7 Å². The summed E-state index contributed by atoms with van der Waals surface area (Å²) in [7, 11) is 4.54. The van der Waals surface area contributed by atoms with Gasteiger partial charge in [0.2, 0.25) is 23.6 Å². The monoisotopic (exact) mass is 679 g/mol. The van der Waals surface area contributed by atoms with E-state index < -0.39 is 48.5 Å². The van der Waals surface area contributed by atoms with Crippen LogP contribution in [-0.4, -0.2) is 155 Å². The summed E-state index contributed by atoms with van der Waals surface area (Å²) >= 11 is 0. The summed E-state index contributed by atoms with van der Waals surface area (Å²) in [5.41, 5.74) is 8.17. The summed E-state index contributed by atoms with van der Waals surface area (Å²) in [6, 6.07) is 8.20. The van der Waals surface area contributed by atoms with Crippen molar-refractivity contribution in [2.45, 2.75) is 39.2 Å². The third-order valence-electron chi connectivity index (χ3n) is 6.91. The van der Waals surface area contributed by atoms with E-state index in [1.807, 2.05) is 13.8 Å². The lowest BCUT2D eigenvalue weighted by Gasteiger charge is -2.31. The van der Waals surface area contributed by atoms with Crippen LogP contribution in [0.3, 0.4) is 0 Å². The first-order chi connectivity index (χ1) is 22.9. The highest BCUT2D eigenvalue weighted by atomic mass is 16.5. The highest BCUT2D eigenvalue weighted by molar-refractivity contribution is 5.97. The Bertz CT molecular complexity index is 1150. The van der Waals surface area contributed by atoms with Gasteiger partial charge in [0.15, 0.2) is 0 Å². The molecule has 1 aromatic rings. The second-order valence-corrected chi connectivity index (χ2v) is 11.3. The first-order valence-corrected chi connectivity index (χ1v) is 15.9. The van der Waals surface area contributed by atoms with E-state index in [4.69, 9.17) is 19.9 Å². The van der Waals surface area contributed by atoms with Crippen molar-refractivity contribution in [2.75, 3.05) is 93.5 Å². The Balaban J connectivity index is 3.23. The Morgan fingerprint density at radius 1 is 0.667 bits per heavy atom. The Kier molecular flexibility index (Phi) is 21.0. The maximum Gasteiger partial charge on any atom is 0.269 e. The number of nitrogens with two attached hydrogens (primary N) is 1. The summed E-state index contributed by atoms with van der Waals surface area (Å²) in [6.07, 6.45) is 1.24. The molecule has 4 N–H and O–H groups in total. The molecular weight excluding hydrogens is 626 g/mol. The molecule has 0 heterocycles. The van der Waals surface area contributed by atoms with Gasteiger partial charge in [-0.1, -0.05) is 32.0 Å². The van der Waals surface area contributed by atoms with Crippen LogP contribution in [0.5, 0.6) is 0 Å². The minimum Gasteiger partial charge on any atom is -0.385 e. The van der Waals surface area contributed by atoms with E-state index in [1.54, 1.807) is 30.3 Å². The van der Waals surface area contributed by atoms with Crippen LogP contribution in [0.2, 0.25) is 0 Å². The molecule has 270 valence electrons. The number of nitrogens with zero attached hydrogens (tertiary/aromatic N) is 4. The molecule has 0 atom stereocenters. The maximum absolute atomic E-state index is 13.7. The Labute approximate surface area is 283 Å². The van der Waals surface area contributed by atoms with E-state index in [0.29, 0.717) is 39.1 Å². The van der Waals surface area contributed by atoms with Crippen molar-refractivity contribution in [3.05, 3.63) is 35.9 Å². The first-order valence-electron chi connectivity index (χ1n) is 15.9. The van der Waals surface area contributed by atoms with Gasteiger partial charge in [-0.25, -0.2) is 5.01 Å². The maximum atomic E-state index is 13.7. The number of hydrogen-bond acceptors (Lipinski definition) is 10. The van der Waals surface area contributed by atoms with Gasteiger partial charge in [0, 0.05) is 72.4 Å². The van der Waals surface area contributed by atoms with Gasteiger partial charge in [-0.3, -0.25) is 34.2 Å². The summed E-state index contributed by atoms with van der Waals surface area (Å²) in [4.78, 5) is 82.3. The smallest absolute Gasteiger partial charge is 0.269 e. The van der Waals surface area contributed by atoms with E-state index in [9.17, 15) is 28.8 Å². The standard InChI is InChI=1S/C32H53N7O9/c1-25(2)34-20-28(41)39(35-32(45)26-12-7-6-8-13-26)24-31(44)38(16-11-19-48-5)23-30(43)37(15-10-18-47-4)22-29(42)36(21-27(33)40)14-9-17-46-3/h6-8,12-13,25,34H,9-11,14-24H2,1-5H3,(H2,33,40)(H,35,45). The second kappa shape index (κ2) is 24.1. The molecule has 48 heavy (non-hydrogen) atoms. The topological polar surface area (TPSA) is 193 Å². The molecule has 0 spiro atoms. The molecule has 0 aliphatic heterocycles.